The highest BCUT2D eigenvalue weighted by Crippen LogP contribution is 2.34. The molecule has 15 heavy (non-hydrogen) atoms. The maximum absolute atomic E-state index is 10.7. The van der Waals surface area contributed by atoms with Crippen LogP contribution in [0.2, 0.25) is 6.04 Å². The maximum Gasteiger partial charge on any atom is 0.288 e. The minimum atomic E-state index is -0.681. The summed E-state index contributed by atoms with van der Waals surface area (Å²) in [6.45, 7) is 5.03. The standard InChI is InChI=1S/C10H18O4Si/c1-7(11)14-15-6-10(8-2-12-3-8)9-4-13-5-9/h8-10H,2-6,15H2,1H3. The van der Waals surface area contributed by atoms with Gasteiger partial charge in [0.2, 0.25) is 9.76 Å². The summed E-state index contributed by atoms with van der Waals surface area (Å²) in [6.07, 6.45) is 0. The van der Waals surface area contributed by atoms with Crippen LogP contribution >= 0.6 is 0 Å². The van der Waals surface area contributed by atoms with Gasteiger partial charge in [0.15, 0.2) is 0 Å². The third kappa shape index (κ3) is 2.80. The Bertz CT molecular complexity index is 211. The van der Waals surface area contributed by atoms with Crippen molar-refractivity contribution in [2.75, 3.05) is 26.4 Å². The highest BCUT2D eigenvalue weighted by Gasteiger charge is 2.37. The zero-order chi connectivity index (χ0) is 10.7. The summed E-state index contributed by atoms with van der Waals surface area (Å²) >= 11 is 0. The predicted octanol–water partition coefficient (Wildman–Crippen LogP) is -0.0394. The monoisotopic (exact) mass is 230 g/mol. The second-order valence-corrected chi connectivity index (χ2v) is 5.66. The maximum atomic E-state index is 10.7. The topological polar surface area (TPSA) is 44.8 Å². The number of carbonyl (C=O) groups is 1. The molecule has 0 aromatic carbocycles. The Morgan fingerprint density at radius 3 is 2.20 bits per heavy atom. The average Bonchev–Trinajstić information content (AvgIpc) is 1.96. The Kier molecular flexibility index (Phi) is 3.77. The van der Waals surface area contributed by atoms with Crippen LogP contribution in [-0.4, -0.2) is 42.2 Å². The molecule has 0 amide bonds. The van der Waals surface area contributed by atoms with Crippen LogP contribution in [0.3, 0.4) is 0 Å². The first kappa shape index (κ1) is 11.1. The molecule has 0 radical (unpaired) electrons. The van der Waals surface area contributed by atoms with Crippen molar-refractivity contribution in [2.24, 2.45) is 17.8 Å². The fourth-order valence-corrected chi connectivity index (χ4v) is 3.82. The molecular weight excluding hydrogens is 212 g/mol. The molecule has 0 saturated carbocycles. The summed E-state index contributed by atoms with van der Waals surface area (Å²) in [7, 11) is -0.681. The van der Waals surface area contributed by atoms with E-state index in [2.05, 4.69) is 0 Å². The number of hydrogen-bond donors (Lipinski definition) is 0. The van der Waals surface area contributed by atoms with Crippen molar-refractivity contribution in [3.8, 4) is 0 Å². The van der Waals surface area contributed by atoms with Crippen LogP contribution in [0.4, 0.5) is 0 Å². The van der Waals surface area contributed by atoms with E-state index in [9.17, 15) is 4.79 Å². The van der Waals surface area contributed by atoms with Crippen LogP contribution in [0.1, 0.15) is 6.92 Å². The molecule has 0 N–H and O–H groups in total. The Balaban J connectivity index is 1.74. The Hall–Kier alpha value is -0.393. The van der Waals surface area contributed by atoms with Crippen molar-refractivity contribution in [2.45, 2.75) is 13.0 Å². The minimum absolute atomic E-state index is 0.130. The summed E-state index contributed by atoms with van der Waals surface area (Å²) in [6, 6.07) is 1.08. The lowest BCUT2D eigenvalue weighted by Crippen LogP contribution is -2.45. The smallest absolute Gasteiger partial charge is 0.288 e. The van der Waals surface area contributed by atoms with Gasteiger partial charge in [-0.3, -0.25) is 4.79 Å². The fourth-order valence-electron chi connectivity index (χ4n) is 2.20. The highest BCUT2D eigenvalue weighted by molar-refractivity contribution is 6.30. The molecule has 0 aliphatic carbocycles. The van der Waals surface area contributed by atoms with Gasteiger partial charge in [-0.15, -0.1) is 0 Å². The van der Waals surface area contributed by atoms with Gasteiger partial charge in [0, 0.05) is 18.8 Å². The molecule has 0 bridgehead atoms. The van der Waals surface area contributed by atoms with E-state index in [4.69, 9.17) is 13.9 Å². The normalized spacial score (nSPS) is 23.1. The van der Waals surface area contributed by atoms with E-state index in [1.165, 1.54) is 6.92 Å². The van der Waals surface area contributed by atoms with Crippen molar-refractivity contribution in [3.05, 3.63) is 0 Å². The van der Waals surface area contributed by atoms with Crippen molar-refractivity contribution in [1.29, 1.82) is 0 Å². The van der Waals surface area contributed by atoms with Gasteiger partial charge < -0.3 is 13.9 Å². The molecule has 2 saturated heterocycles. The lowest BCUT2D eigenvalue weighted by atomic mass is 9.80. The molecule has 86 valence electrons. The van der Waals surface area contributed by atoms with E-state index in [1.807, 2.05) is 0 Å². The highest BCUT2D eigenvalue weighted by atomic mass is 28.2. The lowest BCUT2D eigenvalue weighted by Gasteiger charge is -2.41. The third-order valence-electron chi connectivity index (χ3n) is 3.30. The quantitative estimate of drug-likeness (QED) is 0.622. The molecule has 2 fully saturated rings. The van der Waals surface area contributed by atoms with Crippen LogP contribution in [0.15, 0.2) is 0 Å². The summed E-state index contributed by atoms with van der Waals surface area (Å²) in [5.74, 6) is 1.90. The fraction of sp³-hybridized carbons (Fsp3) is 0.900. The molecular formula is C10H18O4Si. The number of ether oxygens (including phenoxy) is 2. The molecule has 0 aromatic rings. The summed E-state index contributed by atoms with van der Waals surface area (Å²) in [4.78, 5) is 10.7. The van der Waals surface area contributed by atoms with Gasteiger partial charge in [-0.2, -0.15) is 0 Å². The van der Waals surface area contributed by atoms with Crippen LogP contribution in [0.25, 0.3) is 0 Å². The molecule has 0 spiro atoms. The summed E-state index contributed by atoms with van der Waals surface area (Å²) < 4.78 is 15.6. The van der Waals surface area contributed by atoms with Gasteiger partial charge >= 0.3 is 0 Å². The van der Waals surface area contributed by atoms with Gasteiger partial charge in [0.1, 0.15) is 0 Å². The predicted molar refractivity (Wildman–Crippen MR) is 57.2 cm³/mol. The van der Waals surface area contributed by atoms with Gasteiger partial charge in [-0.25, -0.2) is 0 Å². The van der Waals surface area contributed by atoms with Crippen molar-refractivity contribution < 1.29 is 18.7 Å². The van der Waals surface area contributed by atoms with Crippen molar-refractivity contribution >= 4 is 15.7 Å². The molecule has 0 unspecified atom stereocenters. The summed E-state index contributed by atoms with van der Waals surface area (Å²) in [5, 5.41) is 0. The first-order valence-electron chi connectivity index (χ1n) is 5.56. The zero-order valence-electron chi connectivity index (χ0n) is 9.11. The average molecular weight is 230 g/mol. The minimum Gasteiger partial charge on any atom is -0.525 e. The van der Waals surface area contributed by atoms with Crippen LogP contribution in [0.5, 0.6) is 0 Å². The first-order chi connectivity index (χ1) is 7.27. The Morgan fingerprint density at radius 1 is 1.33 bits per heavy atom. The van der Waals surface area contributed by atoms with E-state index in [-0.39, 0.29) is 5.97 Å². The Labute approximate surface area is 92.2 Å². The second kappa shape index (κ2) is 5.09. The molecule has 2 heterocycles. The van der Waals surface area contributed by atoms with Crippen molar-refractivity contribution in [1.82, 2.24) is 0 Å². The van der Waals surface area contributed by atoms with E-state index in [1.54, 1.807) is 0 Å². The van der Waals surface area contributed by atoms with Gasteiger partial charge in [-0.05, 0) is 12.0 Å². The van der Waals surface area contributed by atoms with Gasteiger partial charge in [-0.1, -0.05) is 0 Å². The van der Waals surface area contributed by atoms with Crippen LogP contribution in [0, 0.1) is 17.8 Å². The third-order valence-corrected chi connectivity index (χ3v) is 4.81. The number of rotatable bonds is 5. The summed E-state index contributed by atoms with van der Waals surface area (Å²) in [5.41, 5.74) is 0. The molecule has 2 aliphatic rings. The van der Waals surface area contributed by atoms with E-state index < -0.39 is 9.76 Å². The van der Waals surface area contributed by atoms with Crippen molar-refractivity contribution in [3.63, 3.8) is 0 Å². The zero-order valence-corrected chi connectivity index (χ0v) is 10.5. The Morgan fingerprint density at radius 2 is 1.87 bits per heavy atom. The molecule has 5 heteroatoms. The number of carbonyl (C=O) groups excluding carboxylic acids is 1. The molecule has 4 nitrogen and oxygen atoms in total. The first-order valence-corrected chi connectivity index (χ1v) is 7.14. The molecule has 2 rings (SSSR count). The molecule has 2 aliphatic heterocycles. The van der Waals surface area contributed by atoms with E-state index in [0.29, 0.717) is 17.8 Å². The number of hydrogen-bond acceptors (Lipinski definition) is 4. The van der Waals surface area contributed by atoms with E-state index >= 15 is 0 Å². The SMILES string of the molecule is CC(=O)O[SiH2]CC(C1COC1)C1COC1. The van der Waals surface area contributed by atoms with E-state index in [0.717, 1.165) is 32.5 Å². The van der Waals surface area contributed by atoms with Gasteiger partial charge in [0.25, 0.3) is 5.97 Å². The second-order valence-electron chi connectivity index (χ2n) is 4.39. The van der Waals surface area contributed by atoms with Crippen LogP contribution in [-0.2, 0) is 18.7 Å². The van der Waals surface area contributed by atoms with Gasteiger partial charge in [0.05, 0.1) is 26.4 Å². The largest absolute Gasteiger partial charge is 0.525 e. The van der Waals surface area contributed by atoms with Crippen LogP contribution < -0.4 is 0 Å². The molecule has 0 atom stereocenters. The lowest BCUT2D eigenvalue weighted by molar-refractivity contribution is -0.132. The molecule has 0 aromatic heterocycles.